The molecule has 1 aromatic rings. The largest absolute Gasteiger partial charge is 0.392 e. The van der Waals surface area contributed by atoms with Crippen LogP contribution in [-0.4, -0.2) is 47.7 Å². The number of piperazine rings is 1. The van der Waals surface area contributed by atoms with Crippen molar-refractivity contribution in [3.8, 4) is 0 Å². The van der Waals surface area contributed by atoms with Gasteiger partial charge in [0, 0.05) is 44.0 Å². The molecule has 0 radical (unpaired) electrons. The average Bonchev–Trinajstić information content (AvgIpc) is 2.38. The van der Waals surface area contributed by atoms with Gasteiger partial charge in [-0.2, -0.15) is 0 Å². The first-order valence-corrected chi connectivity index (χ1v) is 7.56. The smallest absolute Gasteiger partial charge is 0.134 e. The maximum atomic E-state index is 9.61. The van der Waals surface area contributed by atoms with Crippen LogP contribution in [0.25, 0.3) is 0 Å². The molecule has 0 bridgehead atoms. The third-order valence-corrected chi connectivity index (χ3v) is 3.91. The van der Waals surface area contributed by atoms with E-state index in [0.717, 1.165) is 48.8 Å². The van der Waals surface area contributed by atoms with Crippen LogP contribution < -0.4 is 4.90 Å². The number of nitrogens with zero attached hydrogens (tertiary/aromatic N) is 3. The number of anilines is 1. The summed E-state index contributed by atoms with van der Waals surface area (Å²) in [5, 5.41) is 9.61. The van der Waals surface area contributed by atoms with Crippen molar-refractivity contribution in [1.82, 2.24) is 9.88 Å². The standard InChI is InChI=1S/C16H27N3O/c1-12(2)10-18-5-7-19(8-6-18)16-15(11-20)13(3)9-14(4)17-16/h9,12,20H,5-8,10-11H2,1-4H3. The molecule has 112 valence electrons. The Morgan fingerprint density at radius 3 is 2.40 bits per heavy atom. The van der Waals surface area contributed by atoms with E-state index in [-0.39, 0.29) is 6.61 Å². The Morgan fingerprint density at radius 2 is 1.85 bits per heavy atom. The average molecular weight is 277 g/mol. The number of aromatic nitrogens is 1. The van der Waals surface area contributed by atoms with Gasteiger partial charge in [0.15, 0.2) is 0 Å². The summed E-state index contributed by atoms with van der Waals surface area (Å²) in [7, 11) is 0. The van der Waals surface area contributed by atoms with Crippen LogP contribution in [0.3, 0.4) is 0 Å². The Morgan fingerprint density at radius 1 is 1.20 bits per heavy atom. The normalized spacial score (nSPS) is 17.0. The SMILES string of the molecule is Cc1cc(C)c(CO)c(N2CCN(CC(C)C)CC2)n1. The van der Waals surface area contributed by atoms with Crippen molar-refractivity contribution in [3.05, 3.63) is 22.9 Å². The summed E-state index contributed by atoms with van der Waals surface area (Å²) in [5.74, 6) is 1.70. The fraction of sp³-hybridized carbons (Fsp3) is 0.688. The number of aliphatic hydroxyl groups is 1. The van der Waals surface area contributed by atoms with Crippen molar-refractivity contribution < 1.29 is 5.11 Å². The highest BCUT2D eigenvalue weighted by Gasteiger charge is 2.21. The Hall–Kier alpha value is -1.13. The second-order valence-electron chi connectivity index (χ2n) is 6.22. The molecule has 1 fully saturated rings. The molecule has 1 aliphatic rings. The topological polar surface area (TPSA) is 39.6 Å². The minimum Gasteiger partial charge on any atom is -0.392 e. The Labute approximate surface area is 122 Å². The Balaban J connectivity index is 2.10. The van der Waals surface area contributed by atoms with E-state index in [0.29, 0.717) is 5.92 Å². The third-order valence-electron chi connectivity index (χ3n) is 3.91. The van der Waals surface area contributed by atoms with Crippen LogP contribution in [0, 0.1) is 19.8 Å². The second-order valence-corrected chi connectivity index (χ2v) is 6.22. The molecule has 0 unspecified atom stereocenters. The zero-order valence-electron chi connectivity index (χ0n) is 13.2. The highest BCUT2D eigenvalue weighted by molar-refractivity contribution is 5.51. The Bertz CT molecular complexity index is 451. The lowest BCUT2D eigenvalue weighted by Crippen LogP contribution is -2.48. The first kappa shape index (κ1) is 15.3. The lowest BCUT2D eigenvalue weighted by Gasteiger charge is -2.37. The summed E-state index contributed by atoms with van der Waals surface area (Å²) >= 11 is 0. The zero-order valence-corrected chi connectivity index (χ0v) is 13.2. The lowest BCUT2D eigenvalue weighted by atomic mass is 10.1. The second kappa shape index (κ2) is 6.55. The maximum Gasteiger partial charge on any atom is 0.134 e. The van der Waals surface area contributed by atoms with E-state index >= 15 is 0 Å². The molecule has 1 aliphatic heterocycles. The van der Waals surface area contributed by atoms with Gasteiger partial charge >= 0.3 is 0 Å². The minimum atomic E-state index is 0.0701. The van der Waals surface area contributed by atoms with Crippen LogP contribution in [-0.2, 0) is 6.61 Å². The van der Waals surface area contributed by atoms with Gasteiger partial charge in [0.25, 0.3) is 0 Å². The van der Waals surface area contributed by atoms with Gasteiger partial charge < -0.3 is 10.0 Å². The predicted molar refractivity (Wildman–Crippen MR) is 83.1 cm³/mol. The van der Waals surface area contributed by atoms with Gasteiger partial charge in [-0.05, 0) is 31.4 Å². The van der Waals surface area contributed by atoms with Crippen molar-refractivity contribution >= 4 is 5.82 Å². The molecule has 1 saturated heterocycles. The first-order chi connectivity index (χ1) is 9.51. The van der Waals surface area contributed by atoms with Crippen LogP contribution in [0.4, 0.5) is 5.82 Å². The molecule has 0 spiro atoms. The van der Waals surface area contributed by atoms with Crippen LogP contribution in [0.1, 0.15) is 30.7 Å². The van der Waals surface area contributed by atoms with Gasteiger partial charge in [0.2, 0.25) is 0 Å². The van der Waals surface area contributed by atoms with Gasteiger partial charge in [-0.3, -0.25) is 4.90 Å². The van der Waals surface area contributed by atoms with E-state index in [9.17, 15) is 5.11 Å². The summed E-state index contributed by atoms with van der Waals surface area (Å²) in [6, 6.07) is 2.05. The highest BCUT2D eigenvalue weighted by Crippen LogP contribution is 2.24. The monoisotopic (exact) mass is 277 g/mol. The number of rotatable bonds is 4. The third kappa shape index (κ3) is 3.49. The zero-order chi connectivity index (χ0) is 14.7. The molecular formula is C16H27N3O. The van der Waals surface area contributed by atoms with E-state index in [1.165, 1.54) is 6.54 Å². The van der Waals surface area contributed by atoms with E-state index in [1.807, 2.05) is 13.0 Å². The number of pyridine rings is 1. The molecule has 1 N–H and O–H groups in total. The lowest BCUT2D eigenvalue weighted by molar-refractivity contribution is 0.230. The van der Waals surface area contributed by atoms with Crippen LogP contribution in [0.15, 0.2) is 6.07 Å². The van der Waals surface area contributed by atoms with Gasteiger partial charge in [0.05, 0.1) is 6.61 Å². The quantitative estimate of drug-likeness (QED) is 0.913. The van der Waals surface area contributed by atoms with Crippen LogP contribution >= 0.6 is 0 Å². The highest BCUT2D eigenvalue weighted by atomic mass is 16.3. The molecule has 1 aromatic heterocycles. The predicted octanol–water partition coefficient (Wildman–Crippen LogP) is 1.97. The molecule has 0 aromatic carbocycles. The van der Waals surface area contributed by atoms with Gasteiger partial charge in [0.1, 0.15) is 5.82 Å². The number of hydrogen-bond donors (Lipinski definition) is 1. The fourth-order valence-electron chi connectivity index (χ4n) is 2.96. The number of hydrogen-bond acceptors (Lipinski definition) is 4. The van der Waals surface area contributed by atoms with Gasteiger partial charge in [-0.1, -0.05) is 13.8 Å². The molecule has 2 heterocycles. The number of aliphatic hydroxyl groups excluding tert-OH is 1. The molecule has 0 amide bonds. The minimum absolute atomic E-state index is 0.0701. The summed E-state index contributed by atoms with van der Waals surface area (Å²) in [6.07, 6.45) is 0. The number of aryl methyl sites for hydroxylation is 2. The Kier molecular flexibility index (Phi) is 5.00. The molecular weight excluding hydrogens is 250 g/mol. The van der Waals surface area contributed by atoms with Crippen molar-refractivity contribution in [3.63, 3.8) is 0 Å². The fourth-order valence-corrected chi connectivity index (χ4v) is 2.96. The first-order valence-electron chi connectivity index (χ1n) is 7.56. The summed E-state index contributed by atoms with van der Waals surface area (Å²) in [4.78, 5) is 9.50. The van der Waals surface area contributed by atoms with E-state index in [4.69, 9.17) is 0 Å². The van der Waals surface area contributed by atoms with E-state index in [1.54, 1.807) is 0 Å². The van der Waals surface area contributed by atoms with Crippen molar-refractivity contribution in [2.75, 3.05) is 37.6 Å². The molecule has 0 aliphatic carbocycles. The molecule has 4 nitrogen and oxygen atoms in total. The van der Waals surface area contributed by atoms with E-state index < -0.39 is 0 Å². The van der Waals surface area contributed by atoms with Gasteiger partial charge in [-0.15, -0.1) is 0 Å². The molecule has 0 atom stereocenters. The molecule has 2 rings (SSSR count). The summed E-state index contributed by atoms with van der Waals surface area (Å²) in [5.41, 5.74) is 3.15. The van der Waals surface area contributed by atoms with Crippen molar-refractivity contribution in [2.45, 2.75) is 34.3 Å². The summed E-state index contributed by atoms with van der Waals surface area (Å²) < 4.78 is 0. The van der Waals surface area contributed by atoms with Crippen LogP contribution in [0.2, 0.25) is 0 Å². The van der Waals surface area contributed by atoms with Crippen LogP contribution in [0.5, 0.6) is 0 Å². The molecule has 4 heteroatoms. The molecule has 20 heavy (non-hydrogen) atoms. The summed E-state index contributed by atoms with van der Waals surface area (Å²) in [6.45, 7) is 14.0. The van der Waals surface area contributed by atoms with Gasteiger partial charge in [-0.25, -0.2) is 4.98 Å². The maximum absolute atomic E-state index is 9.61. The van der Waals surface area contributed by atoms with E-state index in [2.05, 4.69) is 35.6 Å². The molecule has 0 saturated carbocycles. The van der Waals surface area contributed by atoms with Crippen molar-refractivity contribution in [1.29, 1.82) is 0 Å². The van der Waals surface area contributed by atoms with Crippen molar-refractivity contribution in [2.24, 2.45) is 5.92 Å².